The van der Waals surface area contributed by atoms with E-state index in [2.05, 4.69) is 190 Å². The van der Waals surface area contributed by atoms with Gasteiger partial charge < -0.3 is 13.7 Å². The summed E-state index contributed by atoms with van der Waals surface area (Å²) in [6.07, 6.45) is 2.23. The van der Waals surface area contributed by atoms with E-state index in [9.17, 15) is 0 Å². The fraction of sp³-hybridized carbons (Fsp3) is 0. The van der Waals surface area contributed by atoms with Crippen molar-refractivity contribution in [2.45, 2.75) is 0 Å². The van der Waals surface area contributed by atoms with Crippen LogP contribution in [0.1, 0.15) is 0 Å². The van der Waals surface area contributed by atoms with Crippen molar-refractivity contribution >= 4 is 54.5 Å². The average Bonchev–Trinajstić information content (AvgIpc) is 3.82. The molecule has 0 saturated heterocycles. The molecule has 0 fully saturated rings. The number of nitrogens with zero attached hydrogens (tertiary/aromatic N) is 3. The smallest absolute Gasteiger partial charge is 0.0635 e. The topological polar surface area (TPSA) is 14.8 Å². The van der Waals surface area contributed by atoms with E-state index in [-0.39, 0.29) is 0 Å². The third-order valence-corrected chi connectivity index (χ3v) is 9.64. The van der Waals surface area contributed by atoms with Gasteiger partial charge in [-0.05, 0) is 71.8 Å². The predicted octanol–water partition coefficient (Wildman–Crippen LogP) is 11.5. The zero-order valence-electron chi connectivity index (χ0n) is 25.6. The molecule has 7 aromatic carbocycles. The second kappa shape index (κ2) is 10.1. The van der Waals surface area contributed by atoms with Crippen molar-refractivity contribution in [2.24, 2.45) is 0 Å². The van der Waals surface area contributed by atoms with Crippen LogP contribution in [0.4, 0.5) is 0 Å². The normalized spacial score (nSPS) is 11.8. The molecule has 220 valence electrons. The van der Waals surface area contributed by atoms with Gasteiger partial charge in [-0.15, -0.1) is 0 Å². The van der Waals surface area contributed by atoms with Gasteiger partial charge in [0.25, 0.3) is 0 Å². The summed E-state index contributed by atoms with van der Waals surface area (Å²) in [5, 5.41) is 6.28. The fourth-order valence-corrected chi connectivity index (χ4v) is 7.61. The summed E-state index contributed by atoms with van der Waals surface area (Å²) in [6.45, 7) is 0. The highest BCUT2D eigenvalue weighted by atomic mass is 15.0. The van der Waals surface area contributed by atoms with Crippen molar-refractivity contribution in [3.05, 3.63) is 176 Å². The summed E-state index contributed by atoms with van der Waals surface area (Å²) in [6, 6.07) is 61.5. The Morgan fingerprint density at radius 3 is 1.53 bits per heavy atom. The largest absolute Gasteiger partial charge is 0.316 e. The Morgan fingerprint density at radius 1 is 0.298 bits per heavy atom. The van der Waals surface area contributed by atoms with E-state index in [0.717, 1.165) is 11.4 Å². The monoisotopic (exact) mass is 599 g/mol. The number of aromatic nitrogens is 3. The Hall–Kier alpha value is -6.32. The van der Waals surface area contributed by atoms with Crippen LogP contribution in [0.15, 0.2) is 176 Å². The van der Waals surface area contributed by atoms with Gasteiger partial charge in [-0.3, -0.25) is 0 Å². The maximum Gasteiger partial charge on any atom is 0.0635 e. The van der Waals surface area contributed by atoms with Gasteiger partial charge in [0.15, 0.2) is 0 Å². The second-order valence-electron chi connectivity index (χ2n) is 12.2. The number of hydrogen-bond acceptors (Lipinski definition) is 0. The number of fused-ring (bicyclic) bond motifs is 8. The minimum absolute atomic E-state index is 1.12. The van der Waals surface area contributed by atoms with Gasteiger partial charge in [0, 0.05) is 50.2 Å². The third kappa shape index (κ3) is 3.87. The van der Waals surface area contributed by atoms with Gasteiger partial charge in [-0.1, -0.05) is 109 Å². The second-order valence-corrected chi connectivity index (χ2v) is 12.2. The molecule has 10 aromatic rings. The standard InChI is InChI=1S/C44H29N3/c1-3-13-30(14-4-1)31-27-33(29-34(28-31)46-41-20-10-7-17-35(41)36-18-8-11-21-42(36)46)45-26-25-39-40(45)24-23-38-37-19-9-12-22-43(37)47(44(38)39)32-15-5-2-6-16-32/h1-29H. The summed E-state index contributed by atoms with van der Waals surface area (Å²) in [5.74, 6) is 0. The number of rotatable bonds is 4. The van der Waals surface area contributed by atoms with Gasteiger partial charge in [-0.25, -0.2) is 0 Å². The lowest BCUT2D eigenvalue weighted by Gasteiger charge is -2.15. The van der Waals surface area contributed by atoms with Crippen LogP contribution in [0, 0.1) is 0 Å². The molecular formula is C44H29N3. The summed E-state index contributed by atoms with van der Waals surface area (Å²) in [7, 11) is 0. The molecular weight excluding hydrogens is 571 g/mol. The predicted molar refractivity (Wildman–Crippen MR) is 197 cm³/mol. The molecule has 0 radical (unpaired) electrons. The fourth-order valence-electron chi connectivity index (χ4n) is 7.61. The molecule has 47 heavy (non-hydrogen) atoms. The molecule has 0 unspecified atom stereocenters. The van der Waals surface area contributed by atoms with E-state index in [1.54, 1.807) is 0 Å². The van der Waals surface area contributed by atoms with E-state index >= 15 is 0 Å². The van der Waals surface area contributed by atoms with Crippen LogP contribution in [0.2, 0.25) is 0 Å². The lowest BCUT2D eigenvalue weighted by molar-refractivity contribution is 1.10. The van der Waals surface area contributed by atoms with Crippen molar-refractivity contribution < 1.29 is 0 Å². The molecule has 0 aliphatic carbocycles. The summed E-state index contributed by atoms with van der Waals surface area (Å²) < 4.78 is 7.19. The zero-order chi connectivity index (χ0) is 30.9. The van der Waals surface area contributed by atoms with Gasteiger partial charge >= 0.3 is 0 Å². The molecule has 0 amide bonds. The maximum atomic E-state index is 2.42. The first kappa shape index (κ1) is 26.0. The van der Waals surface area contributed by atoms with Gasteiger partial charge in [0.2, 0.25) is 0 Å². The van der Waals surface area contributed by atoms with Crippen LogP contribution in [-0.2, 0) is 0 Å². The zero-order valence-corrected chi connectivity index (χ0v) is 25.6. The molecule has 3 heterocycles. The molecule has 10 rings (SSSR count). The molecule has 0 aliphatic rings. The molecule has 0 aliphatic heterocycles. The van der Waals surface area contributed by atoms with Gasteiger partial charge in [0.1, 0.15) is 0 Å². The molecule has 3 aromatic heterocycles. The van der Waals surface area contributed by atoms with Gasteiger partial charge in [-0.2, -0.15) is 0 Å². The molecule has 0 saturated carbocycles. The van der Waals surface area contributed by atoms with Crippen LogP contribution in [-0.4, -0.2) is 13.7 Å². The molecule has 3 nitrogen and oxygen atoms in total. The lowest BCUT2D eigenvalue weighted by Crippen LogP contribution is -1.99. The Kier molecular flexibility index (Phi) is 5.57. The Morgan fingerprint density at radius 2 is 0.851 bits per heavy atom. The van der Waals surface area contributed by atoms with Crippen molar-refractivity contribution in [1.29, 1.82) is 0 Å². The third-order valence-electron chi connectivity index (χ3n) is 9.64. The van der Waals surface area contributed by atoms with E-state index in [4.69, 9.17) is 0 Å². The molecule has 0 bridgehead atoms. The first-order chi connectivity index (χ1) is 23.3. The highest BCUT2D eigenvalue weighted by Gasteiger charge is 2.18. The highest BCUT2D eigenvalue weighted by Crippen LogP contribution is 2.39. The summed E-state index contributed by atoms with van der Waals surface area (Å²) in [5.41, 5.74) is 11.8. The lowest BCUT2D eigenvalue weighted by atomic mass is 10.0. The molecule has 3 heteroatoms. The van der Waals surface area contributed by atoms with Crippen LogP contribution in [0.5, 0.6) is 0 Å². The number of hydrogen-bond donors (Lipinski definition) is 0. The first-order valence-corrected chi connectivity index (χ1v) is 16.1. The van der Waals surface area contributed by atoms with E-state index < -0.39 is 0 Å². The highest BCUT2D eigenvalue weighted by molar-refractivity contribution is 6.18. The van der Waals surface area contributed by atoms with Crippen molar-refractivity contribution in [3.8, 4) is 28.2 Å². The first-order valence-electron chi connectivity index (χ1n) is 16.1. The Labute approximate surface area is 271 Å². The quantitative estimate of drug-likeness (QED) is 0.191. The minimum Gasteiger partial charge on any atom is -0.316 e. The molecule has 0 atom stereocenters. The van der Waals surface area contributed by atoms with Crippen LogP contribution < -0.4 is 0 Å². The molecule has 0 N–H and O–H groups in total. The van der Waals surface area contributed by atoms with Gasteiger partial charge in [0.05, 0.1) is 27.6 Å². The number of benzene rings is 7. The van der Waals surface area contributed by atoms with E-state index in [1.165, 1.54) is 71.3 Å². The SMILES string of the molecule is c1ccc(-c2cc(-n3ccc4c3ccc3c5ccccc5n(-c5ccccc5)c34)cc(-n3c4ccccc4c4ccccc43)c2)cc1. The van der Waals surface area contributed by atoms with Crippen LogP contribution in [0.3, 0.4) is 0 Å². The van der Waals surface area contributed by atoms with Crippen LogP contribution in [0.25, 0.3) is 82.7 Å². The van der Waals surface area contributed by atoms with Crippen molar-refractivity contribution in [2.75, 3.05) is 0 Å². The van der Waals surface area contributed by atoms with Crippen LogP contribution >= 0.6 is 0 Å². The van der Waals surface area contributed by atoms with E-state index in [1.807, 2.05) is 0 Å². The van der Waals surface area contributed by atoms with Crippen molar-refractivity contribution in [3.63, 3.8) is 0 Å². The summed E-state index contributed by atoms with van der Waals surface area (Å²) in [4.78, 5) is 0. The average molecular weight is 600 g/mol. The van der Waals surface area contributed by atoms with Crippen molar-refractivity contribution in [1.82, 2.24) is 13.7 Å². The Bertz CT molecular complexity index is 2720. The Balaban J connectivity index is 1.27. The maximum absolute atomic E-state index is 2.42. The summed E-state index contributed by atoms with van der Waals surface area (Å²) >= 11 is 0. The number of para-hydroxylation sites is 4. The van der Waals surface area contributed by atoms with E-state index in [0.29, 0.717) is 0 Å². The minimum atomic E-state index is 1.12. The molecule has 0 spiro atoms.